The number of anilines is 1. The summed E-state index contributed by atoms with van der Waals surface area (Å²) in [6.45, 7) is -0.177. The van der Waals surface area contributed by atoms with Crippen LogP contribution in [0.1, 0.15) is 16.1 Å². The topological polar surface area (TPSA) is 62.5 Å². The molecule has 2 N–H and O–H groups in total. The average molecular weight is 362 g/mol. The van der Waals surface area contributed by atoms with Crippen molar-refractivity contribution in [3.05, 3.63) is 76.0 Å². The molecule has 0 spiro atoms. The van der Waals surface area contributed by atoms with E-state index >= 15 is 0 Å². The molecule has 1 heterocycles. The van der Waals surface area contributed by atoms with Gasteiger partial charge in [-0.05, 0) is 42.5 Å². The molecule has 0 atom stereocenters. The van der Waals surface area contributed by atoms with Gasteiger partial charge in [-0.3, -0.25) is 4.79 Å². The van der Waals surface area contributed by atoms with Gasteiger partial charge in [0.05, 0.1) is 15.6 Å². The van der Waals surface area contributed by atoms with E-state index in [1.807, 2.05) is 0 Å². The lowest BCUT2D eigenvalue weighted by molar-refractivity contribution is 0.102. The maximum absolute atomic E-state index is 12.3. The van der Waals surface area contributed by atoms with Crippen molar-refractivity contribution in [2.24, 2.45) is 0 Å². The van der Waals surface area contributed by atoms with Gasteiger partial charge in [-0.15, -0.1) is 0 Å². The average Bonchev–Trinajstić information content (AvgIpc) is 3.04. The highest BCUT2D eigenvalue weighted by atomic mass is 35.5. The fraction of sp³-hybridized carbons (Fsp3) is 0.0556. The van der Waals surface area contributed by atoms with Crippen molar-refractivity contribution in [1.29, 1.82) is 0 Å². The second kappa shape index (κ2) is 7.09. The van der Waals surface area contributed by atoms with Crippen LogP contribution in [0.4, 0.5) is 5.69 Å². The second-order valence-corrected chi connectivity index (χ2v) is 5.87. The van der Waals surface area contributed by atoms with Crippen LogP contribution in [0.3, 0.4) is 0 Å². The Morgan fingerprint density at radius 3 is 2.50 bits per heavy atom. The maximum atomic E-state index is 12.3. The third-order valence-electron chi connectivity index (χ3n) is 3.43. The van der Waals surface area contributed by atoms with E-state index in [1.165, 1.54) is 0 Å². The van der Waals surface area contributed by atoms with E-state index in [-0.39, 0.29) is 12.5 Å². The van der Waals surface area contributed by atoms with E-state index in [2.05, 4.69) is 5.32 Å². The minimum atomic E-state index is -0.315. The molecule has 6 heteroatoms. The zero-order valence-corrected chi connectivity index (χ0v) is 13.9. The molecule has 0 radical (unpaired) electrons. The Morgan fingerprint density at radius 1 is 1.04 bits per heavy atom. The zero-order chi connectivity index (χ0) is 17.1. The Kier molecular flexibility index (Phi) is 4.90. The van der Waals surface area contributed by atoms with Gasteiger partial charge in [-0.1, -0.05) is 35.3 Å². The summed E-state index contributed by atoms with van der Waals surface area (Å²) in [4.78, 5) is 12.3. The number of aliphatic hydroxyl groups is 1. The Bertz CT molecular complexity index is 889. The van der Waals surface area contributed by atoms with Gasteiger partial charge in [0.1, 0.15) is 18.1 Å². The molecule has 2 aromatic carbocycles. The first-order valence-corrected chi connectivity index (χ1v) is 7.89. The van der Waals surface area contributed by atoms with E-state index in [4.69, 9.17) is 32.7 Å². The molecule has 0 unspecified atom stereocenters. The number of carbonyl (C=O) groups is 1. The molecular formula is C18H13Cl2NO3. The number of benzene rings is 2. The number of halogens is 2. The quantitative estimate of drug-likeness (QED) is 0.687. The lowest BCUT2D eigenvalue weighted by Crippen LogP contribution is -2.12. The summed E-state index contributed by atoms with van der Waals surface area (Å²) >= 11 is 12.3. The highest BCUT2D eigenvalue weighted by molar-refractivity contribution is 6.35. The largest absolute Gasteiger partial charge is 0.459 e. The highest BCUT2D eigenvalue weighted by Gasteiger charge is 2.13. The molecule has 0 aliphatic heterocycles. The fourth-order valence-corrected chi connectivity index (χ4v) is 2.74. The summed E-state index contributed by atoms with van der Waals surface area (Å²) in [6, 6.07) is 15.3. The summed E-state index contributed by atoms with van der Waals surface area (Å²) in [5.41, 5.74) is 1.60. The van der Waals surface area contributed by atoms with E-state index in [0.29, 0.717) is 38.4 Å². The molecule has 0 saturated heterocycles. The number of aliphatic hydroxyl groups excluding tert-OH is 1. The molecule has 122 valence electrons. The first-order chi connectivity index (χ1) is 11.6. The number of furan rings is 1. The van der Waals surface area contributed by atoms with Gasteiger partial charge in [0, 0.05) is 11.3 Å². The number of hydrogen-bond donors (Lipinski definition) is 2. The number of hydrogen-bond acceptors (Lipinski definition) is 3. The molecule has 1 aromatic heterocycles. The molecule has 3 rings (SSSR count). The van der Waals surface area contributed by atoms with Crippen LogP contribution in [0.15, 0.2) is 59.0 Å². The van der Waals surface area contributed by atoms with Gasteiger partial charge in [-0.2, -0.15) is 0 Å². The molecule has 0 saturated carbocycles. The van der Waals surface area contributed by atoms with E-state index < -0.39 is 0 Å². The smallest absolute Gasteiger partial charge is 0.257 e. The van der Waals surface area contributed by atoms with Gasteiger partial charge in [0.2, 0.25) is 0 Å². The molecule has 0 bridgehead atoms. The normalized spacial score (nSPS) is 10.6. The molecular weight excluding hydrogens is 349 g/mol. The first kappa shape index (κ1) is 16.6. The van der Waals surface area contributed by atoms with Crippen LogP contribution in [0.5, 0.6) is 0 Å². The third kappa shape index (κ3) is 3.46. The van der Waals surface area contributed by atoms with Crippen LogP contribution < -0.4 is 5.32 Å². The zero-order valence-electron chi connectivity index (χ0n) is 12.4. The molecule has 0 fully saturated rings. The third-order valence-corrected chi connectivity index (χ3v) is 4.07. The fourth-order valence-electron chi connectivity index (χ4n) is 2.24. The highest BCUT2D eigenvalue weighted by Crippen LogP contribution is 2.32. The van der Waals surface area contributed by atoms with Crippen LogP contribution in [0.25, 0.3) is 11.3 Å². The standard InChI is InChI=1S/C18H13Cl2NO3/c19-15-4-2-1-3-14(15)18(23)21-11-5-7-13(16(20)9-11)17-8-6-12(10-22)24-17/h1-9,22H,10H2,(H,21,23). The first-order valence-electron chi connectivity index (χ1n) is 7.14. The van der Waals surface area contributed by atoms with Crippen molar-refractivity contribution in [1.82, 2.24) is 0 Å². The summed E-state index contributed by atoms with van der Waals surface area (Å²) in [7, 11) is 0. The van der Waals surface area contributed by atoms with Gasteiger partial charge in [0.25, 0.3) is 5.91 Å². The summed E-state index contributed by atoms with van der Waals surface area (Å²) in [5, 5.41) is 12.6. The van der Waals surface area contributed by atoms with Crippen LogP contribution in [-0.4, -0.2) is 11.0 Å². The van der Waals surface area contributed by atoms with Crippen molar-refractivity contribution < 1.29 is 14.3 Å². The SMILES string of the molecule is O=C(Nc1ccc(-c2ccc(CO)o2)c(Cl)c1)c1ccccc1Cl. The van der Waals surface area contributed by atoms with Crippen molar-refractivity contribution in [3.8, 4) is 11.3 Å². The van der Waals surface area contributed by atoms with E-state index in [1.54, 1.807) is 54.6 Å². The van der Waals surface area contributed by atoms with E-state index in [0.717, 1.165) is 0 Å². The number of amides is 1. The molecule has 1 amide bonds. The van der Waals surface area contributed by atoms with Crippen LogP contribution >= 0.6 is 23.2 Å². The summed E-state index contributed by atoms with van der Waals surface area (Å²) in [5.74, 6) is 0.690. The number of rotatable bonds is 4. The Hall–Kier alpha value is -2.27. The van der Waals surface area contributed by atoms with Crippen LogP contribution in [0.2, 0.25) is 10.0 Å². The molecule has 4 nitrogen and oxygen atoms in total. The number of nitrogens with one attached hydrogen (secondary N) is 1. The minimum Gasteiger partial charge on any atom is -0.459 e. The Morgan fingerprint density at radius 2 is 1.83 bits per heavy atom. The predicted molar refractivity (Wildman–Crippen MR) is 94.5 cm³/mol. The molecule has 0 aliphatic carbocycles. The van der Waals surface area contributed by atoms with Crippen LogP contribution in [-0.2, 0) is 6.61 Å². The molecule has 0 aliphatic rings. The van der Waals surface area contributed by atoms with Gasteiger partial charge in [0.15, 0.2) is 0 Å². The van der Waals surface area contributed by atoms with E-state index in [9.17, 15) is 4.79 Å². The number of carbonyl (C=O) groups excluding carboxylic acids is 1. The monoisotopic (exact) mass is 361 g/mol. The van der Waals surface area contributed by atoms with Crippen LogP contribution in [0, 0.1) is 0 Å². The lowest BCUT2D eigenvalue weighted by Gasteiger charge is -2.08. The summed E-state index contributed by atoms with van der Waals surface area (Å²) in [6.07, 6.45) is 0. The van der Waals surface area contributed by atoms with Crippen molar-refractivity contribution in [2.75, 3.05) is 5.32 Å². The lowest BCUT2D eigenvalue weighted by atomic mass is 10.1. The van der Waals surface area contributed by atoms with Crippen molar-refractivity contribution in [3.63, 3.8) is 0 Å². The molecule has 3 aromatic rings. The minimum absolute atomic E-state index is 0.177. The van der Waals surface area contributed by atoms with Gasteiger partial charge in [-0.25, -0.2) is 0 Å². The van der Waals surface area contributed by atoms with Crippen molar-refractivity contribution >= 4 is 34.8 Å². The summed E-state index contributed by atoms with van der Waals surface area (Å²) < 4.78 is 5.47. The maximum Gasteiger partial charge on any atom is 0.257 e. The Labute approximate surface area is 148 Å². The van der Waals surface area contributed by atoms with Gasteiger partial charge < -0.3 is 14.8 Å². The van der Waals surface area contributed by atoms with Gasteiger partial charge >= 0.3 is 0 Å². The predicted octanol–water partition coefficient (Wildman–Crippen LogP) is 5.00. The Balaban J connectivity index is 1.82. The second-order valence-electron chi connectivity index (χ2n) is 5.05. The molecule has 24 heavy (non-hydrogen) atoms. The van der Waals surface area contributed by atoms with Crippen molar-refractivity contribution in [2.45, 2.75) is 6.61 Å².